The zero-order valence-corrected chi connectivity index (χ0v) is 14.2. The van der Waals surface area contributed by atoms with Gasteiger partial charge >= 0.3 is 0 Å². The third kappa shape index (κ3) is 6.63. The van der Waals surface area contributed by atoms with Gasteiger partial charge in [0.1, 0.15) is 0 Å². The summed E-state index contributed by atoms with van der Waals surface area (Å²) in [5.41, 5.74) is 0. The summed E-state index contributed by atoms with van der Waals surface area (Å²) < 4.78 is 0.759. The predicted molar refractivity (Wildman–Crippen MR) is 86.4 cm³/mol. The van der Waals surface area contributed by atoms with Gasteiger partial charge in [-0.25, -0.2) is 0 Å². The minimum atomic E-state index is -0.133. The van der Waals surface area contributed by atoms with Gasteiger partial charge < -0.3 is 10.2 Å². The number of hydrogen-bond acceptors (Lipinski definition) is 4. The molecule has 0 atom stereocenters. The molecule has 1 N–H and O–H groups in total. The Kier molecular flexibility index (Phi) is 7.40. The lowest BCUT2D eigenvalue weighted by atomic mass is 10.4. The number of hydrogen-bond donors (Lipinski definition) is 1. The van der Waals surface area contributed by atoms with Crippen LogP contribution in [0.1, 0.15) is 18.7 Å². The maximum atomic E-state index is 11.9. The largest absolute Gasteiger partial charge is 0.352 e. The van der Waals surface area contributed by atoms with Crippen LogP contribution in [0.3, 0.4) is 0 Å². The maximum Gasteiger partial charge on any atom is 0.239 e. The second-order valence-electron chi connectivity index (χ2n) is 4.67. The smallest absolute Gasteiger partial charge is 0.239 e. The number of likely N-dealkylation sites (N-methyl/N-ethyl adjacent to an activating group) is 1. The van der Waals surface area contributed by atoms with Gasteiger partial charge in [0, 0.05) is 23.7 Å². The molecule has 112 valence electrons. The first-order valence-corrected chi connectivity index (χ1v) is 8.58. The minimum Gasteiger partial charge on any atom is -0.352 e. The summed E-state index contributed by atoms with van der Waals surface area (Å²) in [5.74, 6) is 0.943. The molecule has 0 aromatic carbocycles. The van der Waals surface area contributed by atoms with E-state index in [0.29, 0.717) is 5.75 Å². The number of carbonyl (C=O) groups excluding carboxylic acids is 2. The Morgan fingerprint density at radius 3 is 2.70 bits per heavy atom. The fourth-order valence-electron chi connectivity index (χ4n) is 1.45. The number of carbonyl (C=O) groups is 2. The first-order chi connectivity index (χ1) is 9.38. The Labute approximate surface area is 132 Å². The van der Waals surface area contributed by atoms with E-state index in [1.807, 2.05) is 26.0 Å². The van der Waals surface area contributed by atoms with E-state index in [1.54, 1.807) is 7.05 Å². The van der Waals surface area contributed by atoms with Crippen LogP contribution < -0.4 is 5.32 Å². The number of thiophene rings is 1. The highest BCUT2D eigenvalue weighted by Gasteiger charge is 2.13. The van der Waals surface area contributed by atoms with Crippen LogP contribution in [0.15, 0.2) is 12.1 Å². The quantitative estimate of drug-likeness (QED) is 0.834. The van der Waals surface area contributed by atoms with E-state index in [2.05, 4.69) is 5.32 Å². The topological polar surface area (TPSA) is 49.4 Å². The van der Waals surface area contributed by atoms with Gasteiger partial charge in [-0.1, -0.05) is 11.6 Å². The molecule has 0 spiro atoms. The second kappa shape index (κ2) is 8.54. The second-order valence-corrected chi connectivity index (χ2v) is 7.46. The third-order valence-corrected chi connectivity index (χ3v) is 4.73. The third-order valence-electron chi connectivity index (χ3n) is 2.35. The number of nitrogens with one attached hydrogen (secondary N) is 1. The van der Waals surface area contributed by atoms with E-state index in [9.17, 15) is 9.59 Å². The van der Waals surface area contributed by atoms with E-state index in [-0.39, 0.29) is 24.4 Å². The zero-order valence-electron chi connectivity index (χ0n) is 11.8. The van der Waals surface area contributed by atoms with Crippen LogP contribution >= 0.6 is 34.7 Å². The highest BCUT2D eigenvalue weighted by atomic mass is 35.5. The van der Waals surface area contributed by atoms with Gasteiger partial charge in [0.2, 0.25) is 11.8 Å². The predicted octanol–water partition coefficient (Wildman–Crippen LogP) is 2.62. The Morgan fingerprint density at radius 1 is 1.45 bits per heavy atom. The average molecular weight is 335 g/mol. The van der Waals surface area contributed by atoms with Crippen molar-refractivity contribution in [3.8, 4) is 0 Å². The zero-order chi connectivity index (χ0) is 15.1. The molecule has 0 radical (unpaired) electrons. The minimum absolute atomic E-state index is 0.0449. The fourth-order valence-corrected chi connectivity index (χ4v) is 3.61. The number of amides is 2. The molecule has 0 saturated heterocycles. The van der Waals surface area contributed by atoms with Gasteiger partial charge in [0.05, 0.1) is 16.6 Å². The molecule has 1 rings (SSSR count). The Bertz CT molecular complexity index is 463. The molecule has 2 amide bonds. The molecule has 7 heteroatoms. The molecule has 0 aliphatic carbocycles. The van der Waals surface area contributed by atoms with E-state index in [4.69, 9.17) is 11.6 Å². The normalized spacial score (nSPS) is 10.7. The van der Waals surface area contributed by atoms with Gasteiger partial charge in [0.25, 0.3) is 0 Å². The first-order valence-electron chi connectivity index (χ1n) is 6.23. The van der Waals surface area contributed by atoms with Crippen molar-refractivity contribution in [1.82, 2.24) is 10.2 Å². The van der Waals surface area contributed by atoms with E-state index in [1.165, 1.54) is 28.0 Å². The number of nitrogens with zero attached hydrogens (tertiary/aromatic N) is 1. The molecular weight excluding hydrogens is 316 g/mol. The lowest BCUT2D eigenvalue weighted by molar-refractivity contribution is -0.132. The standard InChI is InChI=1S/C13H19ClN2O2S2/c1-9(2)15-12(17)6-16(3)13(18)8-19-7-10-4-5-11(14)20-10/h4-5,9H,6-8H2,1-3H3,(H,15,17). The summed E-state index contributed by atoms with van der Waals surface area (Å²) >= 11 is 8.89. The number of halogens is 1. The highest BCUT2D eigenvalue weighted by molar-refractivity contribution is 7.99. The van der Waals surface area contributed by atoms with Crippen molar-refractivity contribution in [1.29, 1.82) is 0 Å². The van der Waals surface area contributed by atoms with Crippen molar-refractivity contribution in [3.63, 3.8) is 0 Å². The summed E-state index contributed by atoms with van der Waals surface area (Å²) in [7, 11) is 1.64. The molecule has 0 unspecified atom stereocenters. The molecule has 0 aliphatic rings. The van der Waals surface area contributed by atoms with E-state index in [0.717, 1.165) is 15.0 Å². The molecule has 1 aromatic heterocycles. The van der Waals surface area contributed by atoms with Gasteiger partial charge in [-0.2, -0.15) is 0 Å². The van der Waals surface area contributed by atoms with Crippen LogP contribution in [0, 0.1) is 0 Å². The van der Waals surface area contributed by atoms with Crippen molar-refractivity contribution >= 4 is 46.5 Å². The van der Waals surface area contributed by atoms with Crippen LogP contribution in [-0.2, 0) is 15.3 Å². The molecule has 4 nitrogen and oxygen atoms in total. The SMILES string of the molecule is CC(C)NC(=O)CN(C)C(=O)CSCc1ccc(Cl)s1. The average Bonchev–Trinajstić information content (AvgIpc) is 2.73. The van der Waals surface area contributed by atoms with Crippen LogP contribution in [0.5, 0.6) is 0 Å². The van der Waals surface area contributed by atoms with Crippen LogP contribution in [0.2, 0.25) is 4.34 Å². The molecule has 1 heterocycles. The lowest BCUT2D eigenvalue weighted by Crippen LogP contribution is -2.41. The van der Waals surface area contributed by atoms with Crippen molar-refractivity contribution in [3.05, 3.63) is 21.3 Å². The summed E-state index contributed by atoms with van der Waals surface area (Å²) in [5, 5.41) is 2.76. The van der Waals surface area contributed by atoms with E-state index < -0.39 is 0 Å². The monoisotopic (exact) mass is 334 g/mol. The van der Waals surface area contributed by atoms with E-state index >= 15 is 0 Å². The van der Waals surface area contributed by atoms with Gasteiger partial charge in [-0.05, 0) is 26.0 Å². The Hall–Kier alpha value is -0.720. The van der Waals surface area contributed by atoms with Gasteiger partial charge in [-0.3, -0.25) is 9.59 Å². The molecule has 0 bridgehead atoms. The number of thioether (sulfide) groups is 1. The Balaban J connectivity index is 2.26. The summed E-state index contributed by atoms with van der Waals surface area (Å²) in [6, 6.07) is 3.90. The molecule has 1 aromatic rings. The molecule has 20 heavy (non-hydrogen) atoms. The highest BCUT2D eigenvalue weighted by Crippen LogP contribution is 2.25. The van der Waals surface area contributed by atoms with Crippen LogP contribution in [-0.4, -0.2) is 42.1 Å². The first kappa shape index (κ1) is 17.3. The fraction of sp³-hybridized carbons (Fsp3) is 0.538. The van der Waals surface area contributed by atoms with Crippen molar-refractivity contribution < 1.29 is 9.59 Å². The van der Waals surface area contributed by atoms with Crippen molar-refractivity contribution in [2.45, 2.75) is 25.6 Å². The molecule has 0 fully saturated rings. The maximum absolute atomic E-state index is 11.9. The van der Waals surface area contributed by atoms with Gasteiger partial charge in [0.15, 0.2) is 0 Å². The van der Waals surface area contributed by atoms with Crippen molar-refractivity contribution in [2.24, 2.45) is 0 Å². The molecule has 0 aliphatic heterocycles. The summed E-state index contributed by atoms with van der Waals surface area (Å²) in [6.45, 7) is 3.88. The van der Waals surface area contributed by atoms with Crippen LogP contribution in [0.4, 0.5) is 0 Å². The lowest BCUT2D eigenvalue weighted by Gasteiger charge is -2.17. The van der Waals surface area contributed by atoms with Crippen molar-refractivity contribution in [2.75, 3.05) is 19.3 Å². The summed E-state index contributed by atoms with van der Waals surface area (Å²) in [4.78, 5) is 26.0. The molecule has 0 saturated carbocycles. The molecular formula is C13H19ClN2O2S2. The summed E-state index contributed by atoms with van der Waals surface area (Å²) in [6.07, 6.45) is 0. The van der Waals surface area contributed by atoms with Crippen LogP contribution in [0.25, 0.3) is 0 Å². The number of rotatable bonds is 7. The Morgan fingerprint density at radius 2 is 2.15 bits per heavy atom. The van der Waals surface area contributed by atoms with Gasteiger partial charge in [-0.15, -0.1) is 23.1 Å².